The van der Waals surface area contributed by atoms with Crippen molar-refractivity contribution in [2.75, 3.05) is 34.4 Å². The summed E-state index contributed by atoms with van der Waals surface area (Å²) in [6, 6.07) is 4.56. The lowest BCUT2D eigenvalue weighted by Crippen LogP contribution is -2.34. The van der Waals surface area contributed by atoms with Gasteiger partial charge in [0.25, 0.3) is 0 Å². The van der Waals surface area contributed by atoms with Gasteiger partial charge in [-0.1, -0.05) is 6.07 Å². The third kappa shape index (κ3) is 5.71. The predicted octanol–water partition coefficient (Wildman–Crippen LogP) is 1.45. The molecule has 1 aromatic carbocycles. The first-order valence-electron chi connectivity index (χ1n) is 9.87. The molecule has 0 aliphatic heterocycles. The lowest BCUT2D eigenvalue weighted by Gasteiger charge is -2.22. The molecule has 10 nitrogen and oxygen atoms in total. The Morgan fingerprint density at radius 1 is 1.06 bits per heavy atom. The second-order valence-electron chi connectivity index (χ2n) is 6.96. The molecule has 0 saturated carbocycles. The molecule has 174 valence electrons. The number of rotatable bonds is 10. The number of hydrogen-bond acceptors (Lipinski definition) is 8. The van der Waals surface area contributed by atoms with Crippen molar-refractivity contribution in [2.45, 2.75) is 26.2 Å². The fourth-order valence-corrected chi connectivity index (χ4v) is 3.39. The molecule has 0 fully saturated rings. The van der Waals surface area contributed by atoms with E-state index in [1.807, 2.05) is 0 Å². The summed E-state index contributed by atoms with van der Waals surface area (Å²) >= 11 is 0. The van der Waals surface area contributed by atoms with Gasteiger partial charge in [0, 0.05) is 44.0 Å². The van der Waals surface area contributed by atoms with Gasteiger partial charge < -0.3 is 34.4 Å². The number of amides is 2. The van der Waals surface area contributed by atoms with Crippen LogP contribution in [0.15, 0.2) is 27.4 Å². The lowest BCUT2D eigenvalue weighted by atomic mass is 9.87. The average Bonchev–Trinajstić information content (AvgIpc) is 2.74. The maximum atomic E-state index is 12.7. The molecule has 0 aliphatic rings. The minimum Gasteiger partial charge on any atom is -0.507 e. The van der Waals surface area contributed by atoms with E-state index >= 15 is 0 Å². The Morgan fingerprint density at radius 2 is 1.72 bits per heavy atom. The van der Waals surface area contributed by atoms with E-state index in [4.69, 9.17) is 18.6 Å². The lowest BCUT2D eigenvalue weighted by molar-refractivity contribution is -0.122. The van der Waals surface area contributed by atoms with E-state index in [1.165, 1.54) is 41.2 Å². The van der Waals surface area contributed by atoms with Crippen LogP contribution in [-0.2, 0) is 9.59 Å². The van der Waals surface area contributed by atoms with Crippen LogP contribution in [0.25, 0.3) is 0 Å². The Kier molecular flexibility index (Phi) is 8.51. The third-order valence-electron chi connectivity index (χ3n) is 4.76. The number of methoxy groups -OCH3 is 3. The molecule has 0 bridgehead atoms. The molecule has 0 spiro atoms. The highest BCUT2D eigenvalue weighted by Crippen LogP contribution is 2.45. The van der Waals surface area contributed by atoms with E-state index < -0.39 is 17.5 Å². The molecule has 2 amide bonds. The minimum atomic E-state index is -0.914. The molecule has 10 heteroatoms. The standard InChI is InChI=1S/C22H28N2O8/c1-12-10-16(26)19(22(28)32-12)15(11-18(27)24-9-8-23-13(2)25)14-6-7-17(29-3)21(31-5)20(14)30-4/h6-7,10,15,26H,8-9,11H2,1-5H3,(H,23,25)(H,24,27)/t15-/m0/s1. The van der Waals surface area contributed by atoms with Crippen molar-refractivity contribution in [2.24, 2.45) is 0 Å². The highest BCUT2D eigenvalue weighted by Gasteiger charge is 2.30. The van der Waals surface area contributed by atoms with Crippen LogP contribution in [0.5, 0.6) is 23.0 Å². The number of benzene rings is 1. The monoisotopic (exact) mass is 448 g/mol. The first-order chi connectivity index (χ1) is 15.2. The Bertz CT molecular complexity index is 1030. The second-order valence-corrected chi connectivity index (χ2v) is 6.96. The number of aryl methyl sites for hydroxylation is 1. The summed E-state index contributed by atoms with van der Waals surface area (Å²) in [5, 5.41) is 15.8. The first-order valence-corrected chi connectivity index (χ1v) is 9.87. The molecule has 0 saturated heterocycles. The van der Waals surface area contributed by atoms with Crippen molar-refractivity contribution in [1.82, 2.24) is 10.6 Å². The zero-order valence-electron chi connectivity index (χ0n) is 18.7. The maximum absolute atomic E-state index is 12.7. The van der Waals surface area contributed by atoms with Crippen LogP contribution in [-0.4, -0.2) is 51.3 Å². The van der Waals surface area contributed by atoms with Crippen LogP contribution in [0.2, 0.25) is 0 Å². The molecular formula is C22H28N2O8. The zero-order chi connectivity index (χ0) is 23.8. The number of carbonyl (C=O) groups excluding carboxylic acids is 2. The molecule has 1 atom stereocenters. The summed E-state index contributed by atoms with van der Waals surface area (Å²) in [6.45, 7) is 3.36. The summed E-state index contributed by atoms with van der Waals surface area (Å²) in [4.78, 5) is 36.3. The molecule has 1 aromatic heterocycles. The number of nitrogens with one attached hydrogen (secondary N) is 2. The molecule has 2 rings (SSSR count). The SMILES string of the molecule is COc1ccc([C@H](CC(=O)NCCNC(C)=O)c2c(O)cc(C)oc2=O)c(OC)c1OC. The van der Waals surface area contributed by atoms with Crippen LogP contribution in [0.4, 0.5) is 0 Å². The van der Waals surface area contributed by atoms with Gasteiger partial charge in [0.1, 0.15) is 11.5 Å². The van der Waals surface area contributed by atoms with Gasteiger partial charge in [0.2, 0.25) is 17.6 Å². The maximum Gasteiger partial charge on any atom is 0.343 e. The first kappa shape index (κ1) is 24.6. The van der Waals surface area contributed by atoms with Crippen LogP contribution in [0.1, 0.15) is 36.1 Å². The molecular weight excluding hydrogens is 420 g/mol. The van der Waals surface area contributed by atoms with E-state index in [0.29, 0.717) is 11.3 Å². The summed E-state index contributed by atoms with van der Waals surface area (Å²) in [5.41, 5.74) is -0.429. The fraction of sp³-hybridized carbons (Fsp3) is 0.409. The van der Waals surface area contributed by atoms with Crippen molar-refractivity contribution < 1.29 is 33.3 Å². The van der Waals surface area contributed by atoms with E-state index in [-0.39, 0.29) is 54.0 Å². The highest BCUT2D eigenvalue weighted by molar-refractivity contribution is 5.78. The average molecular weight is 448 g/mol. The van der Waals surface area contributed by atoms with Crippen molar-refractivity contribution >= 4 is 11.8 Å². The Labute approximate surface area is 185 Å². The van der Waals surface area contributed by atoms with Crippen molar-refractivity contribution in [3.63, 3.8) is 0 Å². The van der Waals surface area contributed by atoms with Gasteiger partial charge in [-0.3, -0.25) is 9.59 Å². The predicted molar refractivity (Wildman–Crippen MR) is 116 cm³/mol. The van der Waals surface area contributed by atoms with Gasteiger partial charge in [-0.2, -0.15) is 0 Å². The third-order valence-corrected chi connectivity index (χ3v) is 4.76. The molecule has 32 heavy (non-hydrogen) atoms. The molecule has 3 N–H and O–H groups in total. The van der Waals surface area contributed by atoms with Crippen LogP contribution < -0.4 is 30.5 Å². The van der Waals surface area contributed by atoms with Gasteiger partial charge in [0.05, 0.1) is 26.9 Å². The van der Waals surface area contributed by atoms with Crippen molar-refractivity contribution in [3.8, 4) is 23.0 Å². The van der Waals surface area contributed by atoms with Crippen LogP contribution in [0, 0.1) is 6.92 Å². The van der Waals surface area contributed by atoms with Gasteiger partial charge >= 0.3 is 5.63 Å². The van der Waals surface area contributed by atoms with E-state index in [9.17, 15) is 19.5 Å². The summed E-state index contributed by atoms with van der Waals surface area (Å²) in [7, 11) is 4.33. The van der Waals surface area contributed by atoms with E-state index in [2.05, 4.69) is 10.6 Å². The Balaban J connectivity index is 2.52. The smallest absolute Gasteiger partial charge is 0.343 e. The Morgan fingerprint density at radius 3 is 2.28 bits per heavy atom. The highest BCUT2D eigenvalue weighted by atomic mass is 16.5. The normalized spacial score (nSPS) is 11.4. The summed E-state index contributed by atoms with van der Waals surface area (Å²) in [5.74, 6) is -0.678. The fourth-order valence-electron chi connectivity index (χ4n) is 3.39. The van der Waals surface area contributed by atoms with Crippen molar-refractivity contribution in [3.05, 3.63) is 45.5 Å². The van der Waals surface area contributed by atoms with Gasteiger partial charge in [-0.25, -0.2) is 4.79 Å². The van der Waals surface area contributed by atoms with Gasteiger partial charge in [-0.15, -0.1) is 0 Å². The topological polar surface area (TPSA) is 136 Å². The minimum absolute atomic E-state index is 0.0851. The molecule has 0 unspecified atom stereocenters. The Hall–Kier alpha value is -3.69. The molecule has 1 heterocycles. The van der Waals surface area contributed by atoms with Gasteiger partial charge in [0.15, 0.2) is 11.5 Å². The number of carbonyl (C=O) groups is 2. The number of hydrogen-bond donors (Lipinski definition) is 3. The molecule has 2 aromatic rings. The zero-order valence-corrected chi connectivity index (χ0v) is 18.7. The van der Waals surface area contributed by atoms with E-state index in [1.54, 1.807) is 12.1 Å². The number of aromatic hydroxyl groups is 1. The second kappa shape index (κ2) is 11.1. The molecule has 0 aliphatic carbocycles. The largest absolute Gasteiger partial charge is 0.507 e. The van der Waals surface area contributed by atoms with Crippen LogP contribution in [0.3, 0.4) is 0 Å². The van der Waals surface area contributed by atoms with Crippen molar-refractivity contribution in [1.29, 1.82) is 0 Å². The van der Waals surface area contributed by atoms with Crippen LogP contribution >= 0.6 is 0 Å². The molecule has 0 radical (unpaired) electrons. The number of ether oxygens (including phenoxy) is 3. The summed E-state index contributed by atoms with van der Waals surface area (Å²) < 4.78 is 21.4. The van der Waals surface area contributed by atoms with E-state index in [0.717, 1.165) is 0 Å². The quantitative estimate of drug-likeness (QED) is 0.465. The van der Waals surface area contributed by atoms with Gasteiger partial charge in [-0.05, 0) is 13.0 Å². The summed E-state index contributed by atoms with van der Waals surface area (Å²) in [6.07, 6.45) is -0.201.